The maximum atomic E-state index is 11.8. The van der Waals surface area contributed by atoms with Crippen molar-refractivity contribution >= 4 is 11.9 Å². The highest BCUT2D eigenvalue weighted by Gasteiger charge is 2.38. The van der Waals surface area contributed by atoms with Crippen LogP contribution in [0.5, 0.6) is 0 Å². The second kappa shape index (κ2) is 5.84. The highest BCUT2D eigenvalue weighted by atomic mass is 16.4. The summed E-state index contributed by atoms with van der Waals surface area (Å²) in [5.74, 6) is -2.12. The molecule has 0 bridgehead atoms. The van der Waals surface area contributed by atoms with Gasteiger partial charge < -0.3 is 15.5 Å². The normalized spacial score (nSPS) is 26.4. The largest absolute Gasteiger partial charge is 0.481 e. The minimum absolute atomic E-state index is 0.104. The minimum atomic E-state index is -0.894. The van der Waals surface area contributed by atoms with E-state index in [1.807, 2.05) is 6.92 Å². The lowest BCUT2D eigenvalue weighted by molar-refractivity contribution is -0.146. The Morgan fingerprint density at radius 1 is 1.38 bits per heavy atom. The molecular weight excluding hydrogens is 210 g/mol. The van der Waals surface area contributed by atoms with Crippen molar-refractivity contribution in [2.45, 2.75) is 38.6 Å². The van der Waals surface area contributed by atoms with Gasteiger partial charge in [-0.2, -0.15) is 0 Å². The number of carboxylic acids is 1. The average Bonchev–Trinajstić information content (AvgIpc) is 2.74. The van der Waals surface area contributed by atoms with Crippen LogP contribution in [0.4, 0.5) is 0 Å². The molecule has 0 aliphatic heterocycles. The molecule has 0 spiro atoms. The van der Waals surface area contributed by atoms with Gasteiger partial charge in [0, 0.05) is 0 Å². The van der Waals surface area contributed by atoms with Crippen LogP contribution >= 0.6 is 0 Å². The van der Waals surface area contributed by atoms with E-state index >= 15 is 0 Å². The standard InChI is InChI=1S/C11H19NO4/c1-2-7(6-13)12-10(14)8-4-3-5-9(8)11(15)16/h7-9,13H,2-6H2,1H3,(H,12,14)(H,15,16)/t7-,8?,9?/m0/s1. The van der Waals surface area contributed by atoms with Gasteiger partial charge in [-0.1, -0.05) is 13.3 Å². The molecule has 3 atom stereocenters. The fourth-order valence-electron chi connectivity index (χ4n) is 2.15. The van der Waals surface area contributed by atoms with Crippen molar-refractivity contribution in [3.8, 4) is 0 Å². The average molecular weight is 229 g/mol. The van der Waals surface area contributed by atoms with Gasteiger partial charge in [-0.15, -0.1) is 0 Å². The highest BCUT2D eigenvalue weighted by molar-refractivity contribution is 5.85. The quantitative estimate of drug-likeness (QED) is 0.636. The van der Waals surface area contributed by atoms with E-state index in [0.717, 1.165) is 6.42 Å². The van der Waals surface area contributed by atoms with Crippen LogP contribution in [0, 0.1) is 11.8 Å². The lowest BCUT2D eigenvalue weighted by atomic mass is 9.95. The molecule has 1 fully saturated rings. The minimum Gasteiger partial charge on any atom is -0.481 e. The van der Waals surface area contributed by atoms with Crippen LogP contribution in [-0.2, 0) is 9.59 Å². The molecule has 2 unspecified atom stereocenters. The molecule has 1 saturated carbocycles. The van der Waals surface area contributed by atoms with Crippen LogP contribution in [-0.4, -0.2) is 34.7 Å². The molecule has 0 aromatic carbocycles. The summed E-state index contributed by atoms with van der Waals surface area (Å²) in [6, 6.07) is -0.262. The van der Waals surface area contributed by atoms with E-state index in [4.69, 9.17) is 10.2 Å². The predicted octanol–water partition coefficient (Wildman–Crippen LogP) is 0.374. The number of hydrogen-bond acceptors (Lipinski definition) is 3. The molecule has 16 heavy (non-hydrogen) atoms. The number of aliphatic hydroxyl groups is 1. The number of rotatable bonds is 5. The third-order valence-corrected chi connectivity index (χ3v) is 3.23. The van der Waals surface area contributed by atoms with Crippen molar-refractivity contribution in [2.24, 2.45) is 11.8 Å². The van der Waals surface area contributed by atoms with Crippen molar-refractivity contribution in [1.29, 1.82) is 0 Å². The predicted molar refractivity (Wildman–Crippen MR) is 57.8 cm³/mol. The van der Waals surface area contributed by atoms with Crippen LogP contribution in [0.1, 0.15) is 32.6 Å². The Kier molecular flexibility index (Phi) is 4.73. The SMILES string of the molecule is CC[C@@H](CO)NC(=O)C1CCCC1C(=O)O. The molecule has 92 valence electrons. The zero-order valence-electron chi connectivity index (χ0n) is 9.48. The third-order valence-electron chi connectivity index (χ3n) is 3.23. The van der Waals surface area contributed by atoms with E-state index in [9.17, 15) is 9.59 Å². The second-order valence-electron chi connectivity index (χ2n) is 4.28. The summed E-state index contributed by atoms with van der Waals surface area (Å²) in [7, 11) is 0. The Morgan fingerprint density at radius 2 is 2.00 bits per heavy atom. The number of hydrogen-bond donors (Lipinski definition) is 3. The maximum absolute atomic E-state index is 11.8. The summed E-state index contributed by atoms with van der Waals surface area (Å²) in [6.07, 6.45) is 2.63. The van der Waals surface area contributed by atoms with Crippen molar-refractivity contribution in [3.05, 3.63) is 0 Å². The van der Waals surface area contributed by atoms with Crippen molar-refractivity contribution in [1.82, 2.24) is 5.32 Å². The zero-order valence-corrected chi connectivity index (χ0v) is 9.48. The fraction of sp³-hybridized carbons (Fsp3) is 0.818. The van der Waals surface area contributed by atoms with Gasteiger partial charge in [0.15, 0.2) is 0 Å². The van der Waals surface area contributed by atoms with Gasteiger partial charge in [-0.05, 0) is 19.3 Å². The van der Waals surface area contributed by atoms with Gasteiger partial charge in [-0.3, -0.25) is 9.59 Å². The first-order chi connectivity index (χ1) is 7.60. The Bertz CT molecular complexity index is 263. The van der Waals surface area contributed by atoms with E-state index in [-0.39, 0.29) is 18.6 Å². The summed E-state index contributed by atoms with van der Waals surface area (Å²) in [5.41, 5.74) is 0. The van der Waals surface area contributed by atoms with E-state index < -0.39 is 17.8 Å². The maximum Gasteiger partial charge on any atom is 0.307 e. The van der Waals surface area contributed by atoms with Gasteiger partial charge in [0.2, 0.25) is 5.91 Å². The Balaban J connectivity index is 2.56. The molecule has 1 aliphatic carbocycles. The van der Waals surface area contributed by atoms with Crippen molar-refractivity contribution in [3.63, 3.8) is 0 Å². The summed E-state index contributed by atoms with van der Waals surface area (Å²) >= 11 is 0. The van der Waals surface area contributed by atoms with Crippen LogP contribution in [0.15, 0.2) is 0 Å². The Morgan fingerprint density at radius 3 is 2.50 bits per heavy atom. The smallest absolute Gasteiger partial charge is 0.307 e. The summed E-state index contributed by atoms with van der Waals surface area (Å²) in [5, 5.41) is 20.6. The number of aliphatic carboxylic acids is 1. The molecule has 5 heteroatoms. The van der Waals surface area contributed by atoms with E-state index in [0.29, 0.717) is 19.3 Å². The fourth-order valence-corrected chi connectivity index (χ4v) is 2.15. The second-order valence-corrected chi connectivity index (χ2v) is 4.28. The monoisotopic (exact) mass is 229 g/mol. The molecule has 0 aromatic heterocycles. The van der Waals surface area contributed by atoms with Crippen LogP contribution in [0.25, 0.3) is 0 Å². The van der Waals surface area contributed by atoms with Crippen LogP contribution < -0.4 is 5.32 Å². The molecule has 1 rings (SSSR count). The molecular formula is C11H19NO4. The number of carbonyl (C=O) groups is 2. The van der Waals surface area contributed by atoms with Crippen LogP contribution in [0.2, 0.25) is 0 Å². The number of carbonyl (C=O) groups excluding carboxylic acids is 1. The molecule has 1 amide bonds. The van der Waals surface area contributed by atoms with Gasteiger partial charge in [0.05, 0.1) is 24.5 Å². The van der Waals surface area contributed by atoms with E-state index in [1.54, 1.807) is 0 Å². The Hall–Kier alpha value is -1.10. The van der Waals surface area contributed by atoms with E-state index in [2.05, 4.69) is 5.32 Å². The number of nitrogens with one attached hydrogen (secondary N) is 1. The van der Waals surface area contributed by atoms with Gasteiger partial charge in [0.1, 0.15) is 0 Å². The zero-order chi connectivity index (χ0) is 12.1. The van der Waals surface area contributed by atoms with Gasteiger partial charge in [0.25, 0.3) is 0 Å². The summed E-state index contributed by atoms with van der Waals surface area (Å²) in [6.45, 7) is 1.76. The van der Waals surface area contributed by atoms with Crippen LogP contribution in [0.3, 0.4) is 0 Å². The molecule has 0 saturated heterocycles. The third kappa shape index (κ3) is 2.95. The number of aliphatic hydroxyl groups excluding tert-OH is 1. The number of carboxylic acid groups (broad SMARTS) is 1. The molecule has 1 aliphatic rings. The molecule has 0 aromatic rings. The molecule has 0 heterocycles. The first kappa shape index (κ1) is 13.0. The van der Waals surface area contributed by atoms with Crippen molar-refractivity contribution in [2.75, 3.05) is 6.61 Å². The summed E-state index contributed by atoms with van der Waals surface area (Å²) < 4.78 is 0. The Labute approximate surface area is 94.8 Å². The lowest BCUT2D eigenvalue weighted by Crippen LogP contribution is -2.42. The highest BCUT2D eigenvalue weighted by Crippen LogP contribution is 2.32. The first-order valence-electron chi connectivity index (χ1n) is 5.74. The van der Waals surface area contributed by atoms with E-state index in [1.165, 1.54) is 0 Å². The molecule has 3 N–H and O–H groups in total. The molecule has 0 radical (unpaired) electrons. The van der Waals surface area contributed by atoms with Crippen molar-refractivity contribution < 1.29 is 19.8 Å². The first-order valence-corrected chi connectivity index (χ1v) is 5.74. The molecule has 5 nitrogen and oxygen atoms in total. The summed E-state index contributed by atoms with van der Waals surface area (Å²) in [4.78, 5) is 22.7. The number of amides is 1. The topological polar surface area (TPSA) is 86.6 Å². The lowest BCUT2D eigenvalue weighted by Gasteiger charge is -2.19. The van der Waals surface area contributed by atoms with Gasteiger partial charge in [-0.25, -0.2) is 0 Å². The van der Waals surface area contributed by atoms with Gasteiger partial charge >= 0.3 is 5.97 Å².